The van der Waals surface area contributed by atoms with Crippen LogP contribution in [0.4, 0.5) is 14.6 Å². The van der Waals surface area contributed by atoms with Crippen LogP contribution in [0.1, 0.15) is 47.9 Å². The number of carbonyl (C=O) groups excluding carboxylic acids is 1. The van der Waals surface area contributed by atoms with Gasteiger partial charge in [0.1, 0.15) is 23.3 Å². The van der Waals surface area contributed by atoms with Crippen molar-refractivity contribution in [3.63, 3.8) is 0 Å². The number of aryl methyl sites for hydroxylation is 2. The van der Waals surface area contributed by atoms with Crippen LogP contribution < -0.4 is 4.90 Å². The molecule has 3 rings (SSSR count). The lowest BCUT2D eigenvalue weighted by Crippen LogP contribution is -2.40. The Morgan fingerprint density at radius 3 is 2.92 bits per heavy atom. The Bertz CT molecular complexity index is 810. The van der Waals surface area contributed by atoms with Crippen molar-refractivity contribution in [3.8, 4) is 0 Å². The molecule has 1 fully saturated rings. The van der Waals surface area contributed by atoms with E-state index in [1.807, 2.05) is 13.1 Å². The van der Waals surface area contributed by atoms with Gasteiger partial charge in [0.25, 0.3) is 0 Å². The number of ketones is 1. The normalized spacial score (nSPS) is 17.4. The van der Waals surface area contributed by atoms with Crippen LogP contribution in [0.25, 0.3) is 0 Å². The summed E-state index contributed by atoms with van der Waals surface area (Å²) in [5, 5.41) is 0. The third-order valence-corrected chi connectivity index (χ3v) is 4.77. The maximum absolute atomic E-state index is 14.0. The van der Waals surface area contributed by atoms with Gasteiger partial charge in [0.2, 0.25) is 0 Å². The first-order valence-corrected chi connectivity index (χ1v) is 9.06. The number of aromatic nitrogens is 2. The molecule has 6 heteroatoms. The summed E-state index contributed by atoms with van der Waals surface area (Å²) < 4.78 is 27.4. The second kappa shape index (κ2) is 7.89. The average molecular weight is 359 g/mol. The summed E-state index contributed by atoms with van der Waals surface area (Å²) in [7, 11) is 0. The SMILES string of the molecule is CCCc1cnc(C)nc1N1CCC[C@H](C(=O)c2cc(F)ccc2F)C1. The smallest absolute Gasteiger partial charge is 0.170 e. The molecule has 2 aromatic rings. The van der Waals surface area contributed by atoms with Crippen molar-refractivity contribution < 1.29 is 13.6 Å². The van der Waals surface area contributed by atoms with Crippen LogP contribution in [0.3, 0.4) is 0 Å². The third kappa shape index (κ3) is 3.89. The molecular weight excluding hydrogens is 336 g/mol. The fraction of sp³-hybridized carbons (Fsp3) is 0.450. The summed E-state index contributed by atoms with van der Waals surface area (Å²) in [6.45, 7) is 5.19. The highest BCUT2D eigenvalue weighted by molar-refractivity contribution is 5.98. The fourth-order valence-electron chi connectivity index (χ4n) is 3.49. The van der Waals surface area contributed by atoms with E-state index in [9.17, 15) is 13.6 Å². The summed E-state index contributed by atoms with van der Waals surface area (Å²) in [5.41, 5.74) is 0.896. The van der Waals surface area contributed by atoms with Crippen LogP contribution in [-0.2, 0) is 6.42 Å². The molecule has 4 nitrogen and oxygen atoms in total. The number of carbonyl (C=O) groups is 1. The minimum Gasteiger partial charge on any atom is -0.356 e. The van der Waals surface area contributed by atoms with Gasteiger partial charge in [0.15, 0.2) is 5.78 Å². The number of halogens is 2. The fourth-order valence-corrected chi connectivity index (χ4v) is 3.49. The van der Waals surface area contributed by atoms with Crippen LogP contribution in [0.15, 0.2) is 24.4 Å². The molecule has 0 unspecified atom stereocenters. The quantitative estimate of drug-likeness (QED) is 0.754. The third-order valence-electron chi connectivity index (χ3n) is 4.77. The largest absolute Gasteiger partial charge is 0.356 e. The minimum absolute atomic E-state index is 0.163. The molecule has 0 N–H and O–H groups in total. The van der Waals surface area contributed by atoms with Crippen LogP contribution in [0.2, 0.25) is 0 Å². The molecule has 0 amide bonds. The van der Waals surface area contributed by atoms with Crippen molar-refractivity contribution in [2.45, 2.75) is 39.5 Å². The van der Waals surface area contributed by atoms with E-state index in [1.54, 1.807) is 0 Å². The van der Waals surface area contributed by atoms with Crippen LogP contribution in [0, 0.1) is 24.5 Å². The van der Waals surface area contributed by atoms with Gasteiger partial charge in [-0.05, 0) is 44.4 Å². The Hall–Kier alpha value is -2.37. The highest BCUT2D eigenvalue weighted by Gasteiger charge is 2.30. The van der Waals surface area contributed by atoms with E-state index in [1.165, 1.54) is 0 Å². The molecule has 0 spiro atoms. The second-order valence-corrected chi connectivity index (χ2v) is 6.79. The van der Waals surface area contributed by atoms with Gasteiger partial charge in [-0.2, -0.15) is 0 Å². The predicted molar refractivity (Wildman–Crippen MR) is 96.4 cm³/mol. The maximum atomic E-state index is 14.0. The predicted octanol–water partition coefficient (Wildman–Crippen LogP) is 4.12. The first kappa shape index (κ1) is 18.4. The van der Waals surface area contributed by atoms with Gasteiger partial charge in [-0.1, -0.05) is 13.3 Å². The summed E-state index contributed by atoms with van der Waals surface area (Å²) in [5.74, 6) is -0.433. The number of Topliss-reactive ketones (excluding diaryl/α,β-unsaturated/α-hetero) is 1. The van der Waals surface area contributed by atoms with Gasteiger partial charge >= 0.3 is 0 Å². The molecule has 2 heterocycles. The zero-order chi connectivity index (χ0) is 18.7. The molecule has 1 aliphatic heterocycles. The van der Waals surface area contributed by atoms with E-state index in [-0.39, 0.29) is 17.3 Å². The number of anilines is 1. The molecule has 0 saturated carbocycles. The first-order chi connectivity index (χ1) is 12.5. The van der Waals surface area contributed by atoms with Crippen LogP contribution >= 0.6 is 0 Å². The van der Waals surface area contributed by atoms with E-state index in [2.05, 4.69) is 21.8 Å². The number of nitrogens with zero attached hydrogens (tertiary/aromatic N) is 3. The van der Waals surface area contributed by atoms with Gasteiger partial charge in [-0.25, -0.2) is 18.7 Å². The summed E-state index contributed by atoms with van der Waals surface area (Å²) in [6.07, 6.45) is 5.16. The molecule has 0 radical (unpaired) electrons. The molecule has 0 bridgehead atoms. The Morgan fingerprint density at radius 2 is 2.15 bits per heavy atom. The highest BCUT2D eigenvalue weighted by Crippen LogP contribution is 2.28. The number of hydrogen-bond donors (Lipinski definition) is 0. The number of benzene rings is 1. The standard InChI is InChI=1S/C20H23F2N3O/c1-3-5-14-11-23-13(2)24-20(14)25-9-4-6-15(12-25)19(26)17-10-16(21)7-8-18(17)22/h7-8,10-11,15H,3-6,9,12H2,1-2H3/t15-/m0/s1. The topological polar surface area (TPSA) is 46.1 Å². The highest BCUT2D eigenvalue weighted by atomic mass is 19.1. The Labute approximate surface area is 152 Å². The van der Waals surface area contributed by atoms with Crippen molar-refractivity contribution in [3.05, 3.63) is 53.0 Å². The van der Waals surface area contributed by atoms with Gasteiger partial charge in [-0.15, -0.1) is 0 Å². The van der Waals surface area contributed by atoms with Crippen molar-refractivity contribution in [1.82, 2.24) is 9.97 Å². The maximum Gasteiger partial charge on any atom is 0.170 e. The molecular formula is C20H23F2N3O. The number of piperidine rings is 1. The van der Waals surface area contributed by atoms with E-state index >= 15 is 0 Å². The van der Waals surface area contributed by atoms with E-state index in [0.717, 1.165) is 55.4 Å². The molecule has 1 aliphatic rings. The van der Waals surface area contributed by atoms with Crippen LogP contribution in [0.5, 0.6) is 0 Å². The van der Waals surface area contributed by atoms with Crippen molar-refractivity contribution in [2.75, 3.05) is 18.0 Å². The Kier molecular flexibility index (Phi) is 5.59. The molecule has 1 aromatic carbocycles. The van der Waals surface area contributed by atoms with Gasteiger partial charge in [-0.3, -0.25) is 4.79 Å². The molecule has 26 heavy (non-hydrogen) atoms. The van der Waals surface area contributed by atoms with Crippen molar-refractivity contribution in [1.29, 1.82) is 0 Å². The van der Waals surface area contributed by atoms with Gasteiger partial charge in [0, 0.05) is 30.8 Å². The monoisotopic (exact) mass is 359 g/mol. The second-order valence-electron chi connectivity index (χ2n) is 6.79. The minimum atomic E-state index is -0.668. The zero-order valence-corrected chi connectivity index (χ0v) is 15.1. The Balaban J connectivity index is 1.85. The van der Waals surface area contributed by atoms with E-state index in [0.29, 0.717) is 18.8 Å². The molecule has 1 atom stereocenters. The molecule has 138 valence electrons. The lowest BCUT2D eigenvalue weighted by Gasteiger charge is -2.34. The molecule has 1 aromatic heterocycles. The summed E-state index contributed by atoms with van der Waals surface area (Å²) in [6, 6.07) is 3.03. The number of hydrogen-bond acceptors (Lipinski definition) is 4. The van der Waals surface area contributed by atoms with Gasteiger partial charge in [0.05, 0.1) is 5.56 Å². The summed E-state index contributed by atoms with van der Waals surface area (Å²) >= 11 is 0. The lowest BCUT2D eigenvalue weighted by atomic mass is 9.89. The molecule has 0 aliphatic carbocycles. The van der Waals surface area contributed by atoms with Gasteiger partial charge < -0.3 is 4.90 Å². The van der Waals surface area contributed by atoms with Crippen LogP contribution in [-0.4, -0.2) is 28.8 Å². The van der Waals surface area contributed by atoms with E-state index in [4.69, 9.17) is 0 Å². The Morgan fingerprint density at radius 1 is 1.35 bits per heavy atom. The van der Waals surface area contributed by atoms with Crippen molar-refractivity contribution >= 4 is 11.6 Å². The van der Waals surface area contributed by atoms with Crippen molar-refractivity contribution in [2.24, 2.45) is 5.92 Å². The summed E-state index contributed by atoms with van der Waals surface area (Å²) in [4.78, 5) is 23.7. The lowest BCUT2D eigenvalue weighted by molar-refractivity contribution is 0.0902. The zero-order valence-electron chi connectivity index (χ0n) is 15.1. The first-order valence-electron chi connectivity index (χ1n) is 9.06. The molecule has 1 saturated heterocycles. The number of rotatable bonds is 5. The average Bonchev–Trinajstić information content (AvgIpc) is 2.65. The van der Waals surface area contributed by atoms with E-state index < -0.39 is 11.6 Å².